The molecular weight excluding hydrogens is 725 g/mol. The van der Waals surface area contributed by atoms with Gasteiger partial charge in [0.15, 0.2) is 11.5 Å². The van der Waals surface area contributed by atoms with Crippen LogP contribution in [-0.4, -0.2) is 41.2 Å². The first-order chi connectivity index (χ1) is 28.2. The third kappa shape index (κ3) is 7.27. The summed E-state index contributed by atoms with van der Waals surface area (Å²) in [5.74, 6) is 8.32. The van der Waals surface area contributed by atoms with Crippen LogP contribution in [0.25, 0.3) is 11.1 Å². The minimum Gasteiger partial charge on any atom is -0.508 e. The fraction of sp³-hybridized carbons (Fsp3) is 0.569. The molecule has 0 amide bonds. The van der Waals surface area contributed by atoms with Crippen LogP contribution in [0.3, 0.4) is 0 Å². The molecule has 2 fully saturated rings. The normalized spacial score (nSPS) is 29.1. The van der Waals surface area contributed by atoms with Crippen molar-refractivity contribution in [1.29, 1.82) is 0 Å². The minimum atomic E-state index is -0.804. The molecule has 0 radical (unpaired) electrons. The lowest BCUT2D eigenvalue weighted by Crippen LogP contribution is -2.39. The number of phenolic OH excluding ortho intramolecular Hbond substituents is 1. The molecule has 4 aliphatic carbocycles. The summed E-state index contributed by atoms with van der Waals surface area (Å²) < 4.78 is 26.2. The third-order valence-corrected chi connectivity index (χ3v) is 15.0. The average Bonchev–Trinajstić information content (AvgIpc) is 3.70. The summed E-state index contributed by atoms with van der Waals surface area (Å²) in [6, 6.07) is 12.1. The van der Waals surface area contributed by atoms with E-state index in [1.807, 2.05) is 30.3 Å². The summed E-state index contributed by atoms with van der Waals surface area (Å²) in [5, 5.41) is 33.4. The molecule has 2 saturated carbocycles. The van der Waals surface area contributed by atoms with Gasteiger partial charge in [-0.1, -0.05) is 64.2 Å². The van der Waals surface area contributed by atoms with Gasteiger partial charge in [0, 0.05) is 42.6 Å². The van der Waals surface area contributed by atoms with Gasteiger partial charge >= 0.3 is 0 Å². The van der Waals surface area contributed by atoms with Crippen LogP contribution in [0.2, 0.25) is 0 Å². The van der Waals surface area contributed by atoms with E-state index in [-0.39, 0.29) is 24.5 Å². The second-order valence-corrected chi connectivity index (χ2v) is 19.0. The first-order valence-corrected chi connectivity index (χ1v) is 22.4. The Kier molecular flexibility index (Phi) is 11.0. The van der Waals surface area contributed by atoms with E-state index in [1.54, 1.807) is 7.11 Å². The van der Waals surface area contributed by atoms with Crippen molar-refractivity contribution in [2.45, 2.75) is 135 Å². The molecule has 3 aromatic carbocycles. The Morgan fingerprint density at radius 3 is 2.60 bits per heavy atom. The molecule has 0 unspecified atom stereocenters. The zero-order chi connectivity index (χ0) is 40.1. The smallest absolute Gasteiger partial charge is 0.182 e. The molecule has 7 nitrogen and oxygen atoms in total. The number of hydrogen-bond donors (Lipinski definition) is 3. The third-order valence-electron chi connectivity index (χ3n) is 15.0. The fourth-order valence-electron chi connectivity index (χ4n) is 12.0. The van der Waals surface area contributed by atoms with Crippen LogP contribution in [0.15, 0.2) is 48.6 Å². The Labute approximate surface area is 345 Å². The number of aromatic hydroxyl groups is 1. The van der Waals surface area contributed by atoms with E-state index in [9.17, 15) is 15.3 Å². The fourth-order valence-corrected chi connectivity index (χ4v) is 12.0. The Hall–Kier alpha value is -4.12. The Morgan fingerprint density at radius 1 is 0.983 bits per heavy atom. The van der Waals surface area contributed by atoms with Crippen LogP contribution in [0.4, 0.5) is 0 Å². The Bertz CT molecular complexity index is 2100. The topological polar surface area (TPSA) is 97.6 Å². The van der Waals surface area contributed by atoms with Crippen LogP contribution in [0.5, 0.6) is 28.7 Å². The SMILES string of the molecule is CC[C@@H]1C[C@H]([C@H]2Cc3cc(O)c(CC(C)C)cc3-c3c(OC)cc4c(c32)C[C@@H](O)[C@H](c2ccc3c(c2)O[C@H]2CC5(CCCC5)CC[C@H]2CC#CO3)O4)C=C[C@H]1CCO. The number of fused-ring (bicyclic) bond motifs is 7. The quantitative estimate of drug-likeness (QED) is 0.155. The van der Waals surface area contributed by atoms with Crippen molar-refractivity contribution in [2.75, 3.05) is 13.7 Å². The van der Waals surface area contributed by atoms with Crippen molar-refractivity contribution in [2.24, 2.45) is 35.0 Å². The van der Waals surface area contributed by atoms with Crippen molar-refractivity contribution in [3.8, 4) is 51.9 Å². The van der Waals surface area contributed by atoms with Crippen LogP contribution >= 0.6 is 0 Å². The first kappa shape index (κ1) is 39.3. The molecular formula is C51H62O7. The number of aliphatic hydroxyl groups excluding tert-OH is 2. The maximum atomic E-state index is 12.2. The van der Waals surface area contributed by atoms with E-state index in [4.69, 9.17) is 18.9 Å². The van der Waals surface area contributed by atoms with E-state index < -0.39 is 12.2 Å². The van der Waals surface area contributed by atoms with Crippen LogP contribution in [-0.2, 0) is 19.3 Å². The molecule has 3 aromatic rings. The van der Waals surface area contributed by atoms with Crippen molar-refractivity contribution >= 4 is 0 Å². The highest BCUT2D eigenvalue weighted by Gasteiger charge is 2.45. The standard InChI is InChI=1S/C51H62O7/c1-5-31-22-34(11-10-32(31)15-19-52)38-23-36-25-41(53)37(21-30(2)3)24-39(36)49-46(55-4)28-44-40(48(38)49)27-42(54)50(58-44)35-12-13-43-45(26-35)57-47-29-51(16-6-7-17-51)18-14-33(47)9-8-20-56-43/h10-13,24-26,28,30-34,38,42,47,50,52-54H,5-7,9,14-19,21-23,27,29H2,1-4H3/t31-,32+,33-,34-,38-,42-,47+,50+/m1/s1. The lowest BCUT2D eigenvalue weighted by atomic mass is 9.65. The minimum absolute atomic E-state index is 0.0772. The largest absolute Gasteiger partial charge is 0.508 e. The van der Waals surface area contributed by atoms with Gasteiger partial charge in [0.1, 0.15) is 35.6 Å². The van der Waals surface area contributed by atoms with Crippen molar-refractivity contribution < 1.29 is 34.3 Å². The molecule has 0 saturated heterocycles. The highest BCUT2D eigenvalue weighted by atomic mass is 16.5. The van der Waals surface area contributed by atoms with Gasteiger partial charge in [-0.15, -0.1) is 0 Å². The molecule has 8 atom stereocenters. The molecule has 58 heavy (non-hydrogen) atoms. The second-order valence-electron chi connectivity index (χ2n) is 19.0. The van der Waals surface area contributed by atoms with Gasteiger partial charge in [-0.2, -0.15) is 0 Å². The zero-order valence-corrected chi connectivity index (χ0v) is 34.9. The molecule has 0 aromatic heterocycles. The van der Waals surface area contributed by atoms with Gasteiger partial charge in [0.2, 0.25) is 0 Å². The van der Waals surface area contributed by atoms with E-state index in [1.165, 1.54) is 37.7 Å². The molecule has 7 heteroatoms. The monoisotopic (exact) mass is 786 g/mol. The van der Waals surface area contributed by atoms with Gasteiger partial charge < -0.3 is 34.3 Å². The highest BCUT2D eigenvalue weighted by molar-refractivity contribution is 5.83. The summed E-state index contributed by atoms with van der Waals surface area (Å²) in [4.78, 5) is 0. The summed E-state index contributed by atoms with van der Waals surface area (Å²) in [5.41, 5.74) is 7.67. The number of benzene rings is 3. The van der Waals surface area contributed by atoms with Crippen LogP contribution in [0, 0.1) is 47.0 Å². The molecule has 2 aliphatic heterocycles. The van der Waals surface area contributed by atoms with E-state index >= 15 is 0 Å². The number of methoxy groups -OCH3 is 1. The summed E-state index contributed by atoms with van der Waals surface area (Å²) in [7, 11) is 1.73. The Balaban J connectivity index is 1.10. The molecule has 308 valence electrons. The number of phenols is 1. The maximum absolute atomic E-state index is 12.2. The van der Waals surface area contributed by atoms with E-state index in [2.05, 4.69) is 51.0 Å². The van der Waals surface area contributed by atoms with Crippen molar-refractivity contribution in [3.05, 3.63) is 76.4 Å². The van der Waals surface area contributed by atoms with Gasteiger partial charge in [0.05, 0.1) is 13.2 Å². The molecule has 0 bridgehead atoms. The molecule has 2 heterocycles. The molecule has 1 spiro atoms. The summed E-state index contributed by atoms with van der Waals surface area (Å²) in [6.07, 6.45) is 20.6. The van der Waals surface area contributed by atoms with Crippen LogP contribution in [0.1, 0.15) is 131 Å². The van der Waals surface area contributed by atoms with E-state index in [0.717, 1.165) is 96.2 Å². The number of aliphatic hydroxyl groups is 2. The van der Waals surface area contributed by atoms with Crippen molar-refractivity contribution in [3.63, 3.8) is 0 Å². The highest BCUT2D eigenvalue weighted by Crippen LogP contribution is 2.57. The molecule has 9 rings (SSSR count). The van der Waals surface area contributed by atoms with Gasteiger partial charge in [-0.3, -0.25) is 0 Å². The molecule has 3 N–H and O–H groups in total. The van der Waals surface area contributed by atoms with E-state index in [0.29, 0.717) is 52.8 Å². The lowest BCUT2D eigenvalue weighted by molar-refractivity contribution is 0.0165. The van der Waals surface area contributed by atoms with Crippen LogP contribution < -0.4 is 18.9 Å². The van der Waals surface area contributed by atoms with Gasteiger partial charge in [-0.25, -0.2) is 0 Å². The summed E-state index contributed by atoms with van der Waals surface area (Å²) >= 11 is 0. The number of allylic oxidation sites excluding steroid dienone is 2. The first-order valence-electron chi connectivity index (χ1n) is 22.4. The second kappa shape index (κ2) is 16.1. The maximum Gasteiger partial charge on any atom is 0.182 e. The van der Waals surface area contributed by atoms with Crippen molar-refractivity contribution in [1.82, 2.24) is 0 Å². The van der Waals surface area contributed by atoms with Gasteiger partial charge in [0.25, 0.3) is 0 Å². The predicted molar refractivity (Wildman–Crippen MR) is 227 cm³/mol. The predicted octanol–water partition coefficient (Wildman–Crippen LogP) is 10.4. The number of rotatable bonds is 8. The lowest BCUT2D eigenvalue weighted by Gasteiger charge is -2.42. The summed E-state index contributed by atoms with van der Waals surface area (Å²) in [6.45, 7) is 6.80. The molecule has 6 aliphatic rings. The van der Waals surface area contributed by atoms with Gasteiger partial charge in [-0.05, 0) is 145 Å². The zero-order valence-electron chi connectivity index (χ0n) is 34.9. The number of ether oxygens (including phenoxy) is 4. The number of hydrogen-bond acceptors (Lipinski definition) is 7. The average molecular weight is 787 g/mol. The Morgan fingerprint density at radius 2 is 1.83 bits per heavy atom.